The molecule has 1 unspecified atom stereocenters. The van der Waals surface area contributed by atoms with Crippen molar-refractivity contribution in [2.75, 3.05) is 23.3 Å². The first-order valence-corrected chi connectivity index (χ1v) is 9.10. The van der Waals surface area contributed by atoms with Gasteiger partial charge in [0, 0.05) is 31.0 Å². The largest absolute Gasteiger partial charge is 0.370 e. The highest BCUT2D eigenvalue weighted by atomic mass is 79.9. The van der Waals surface area contributed by atoms with E-state index in [0.29, 0.717) is 12.5 Å². The SMILES string of the molecule is CC1CCN(c2cnn(CCC(C)CCBr)c(=O)c2)CC1. The lowest BCUT2D eigenvalue weighted by Crippen LogP contribution is -2.34. The van der Waals surface area contributed by atoms with Gasteiger partial charge in [0.05, 0.1) is 11.9 Å². The predicted octanol–water partition coefficient (Wildman–Crippen LogP) is 3.29. The van der Waals surface area contributed by atoms with Crippen LogP contribution in [-0.2, 0) is 6.54 Å². The van der Waals surface area contributed by atoms with Crippen molar-refractivity contribution < 1.29 is 0 Å². The van der Waals surface area contributed by atoms with Crippen molar-refractivity contribution in [2.24, 2.45) is 11.8 Å². The van der Waals surface area contributed by atoms with E-state index < -0.39 is 0 Å². The fourth-order valence-electron chi connectivity index (χ4n) is 2.70. The summed E-state index contributed by atoms with van der Waals surface area (Å²) < 4.78 is 1.60. The van der Waals surface area contributed by atoms with E-state index in [2.05, 4.69) is 39.8 Å². The molecule has 1 aromatic rings. The fourth-order valence-corrected chi connectivity index (χ4v) is 3.49. The van der Waals surface area contributed by atoms with Gasteiger partial charge in [0.1, 0.15) is 0 Å². The molecule has 1 fully saturated rings. The number of aryl methyl sites for hydroxylation is 1. The smallest absolute Gasteiger partial charge is 0.268 e. The van der Waals surface area contributed by atoms with Gasteiger partial charge in [0.25, 0.3) is 5.56 Å². The minimum atomic E-state index is 0.0252. The summed E-state index contributed by atoms with van der Waals surface area (Å²) in [7, 11) is 0. The minimum Gasteiger partial charge on any atom is -0.370 e. The van der Waals surface area contributed by atoms with Crippen LogP contribution < -0.4 is 10.5 Å². The van der Waals surface area contributed by atoms with Crippen LogP contribution in [0.2, 0.25) is 0 Å². The van der Waals surface area contributed by atoms with Crippen molar-refractivity contribution in [1.82, 2.24) is 9.78 Å². The maximum atomic E-state index is 12.2. The standard InChI is InChI=1S/C16H26BrN3O/c1-13(3-7-17)6-10-20-16(21)11-15(12-18-20)19-8-4-14(2)5-9-19/h11-14H,3-10H2,1-2H3. The molecule has 1 aromatic heterocycles. The molecule has 1 atom stereocenters. The van der Waals surface area contributed by atoms with E-state index in [4.69, 9.17) is 0 Å². The Labute approximate surface area is 135 Å². The van der Waals surface area contributed by atoms with E-state index >= 15 is 0 Å². The molecule has 0 aliphatic carbocycles. The molecule has 1 aliphatic heterocycles. The summed E-state index contributed by atoms with van der Waals surface area (Å²) in [4.78, 5) is 14.5. The first kappa shape index (κ1) is 16.5. The molecule has 21 heavy (non-hydrogen) atoms. The van der Waals surface area contributed by atoms with Crippen LogP contribution in [0.25, 0.3) is 0 Å². The maximum Gasteiger partial charge on any atom is 0.268 e. The molecule has 118 valence electrons. The molecule has 1 saturated heterocycles. The predicted molar refractivity (Wildman–Crippen MR) is 91.3 cm³/mol. The van der Waals surface area contributed by atoms with Crippen LogP contribution in [0.4, 0.5) is 5.69 Å². The number of anilines is 1. The number of halogens is 1. The molecule has 0 bridgehead atoms. The van der Waals surface area contributed by atoms with Gasteiger partial charge in [-0.25, -0.2) is 4.68 Å². The number of nitrogens with zero attached hydrogens (tertiary/aromatic N) is 3. The molecular formula is C16H26BrN3O. The topological polar surface area (TPSA) is 38.1 Å². The summed E-state index contributed by atoms with van der Waals surface area (Å²) in [6, 6.07) is 1.75. The Morgan fingerprint density at radius 1 is 1.38 bits per heavy atom. The second-order valence-corrected chi connectivity index (χ2v) is 7.11. The summed E-state index contributed by atoms with van der Waals surface area (Å²) in [5.74, 6) is 1.41. The Hall–Kier alpha value is -0.840. The Morgan fingerprint density at radius 3 is 2.71 bits per heavy atom. The Bertz CT molecular complexity index is 495. The molecule has 2 rings (SSSR count). The molecule has 0 radical (unpaired) electrons. The highest BCUT2D eigenvalue weighted by Crippen LogP contribution is 2.21. The zero-order chi connectivity index (χ0) is 15.2. The van der Waals surface area contributed by atoms with Gasteiger partial charge in [-0.2, -0.15) is 5.10 Å². The number of rotatable bonds is 6. The molecule has 1 aliphatic rings. The van der Waals surface area contributed by atoms with Crippen molar-refractivity contribution in [3.8, 4) is 0 Å². The zero-order valence-corrected chi connectivity index (χ0v) is 14.7. The average Bonchev–Trinajstić information content (AvgIpc) is 2.47. The summed E-state index contributed by atoms with van der Waals surface area (Å²) in [5.41, 5.74) is 1.01. The van der Waals surface area contributed by atoms with Crippen LogP contribution >= 0.6 is 15.9 Å². The summed E-state index contributed by atoms with van der Waals surface area (Å²) in [6.45, 7) is 7.30. The Balaban J connectivity index is 1.96. The van der Waals surface area contributed by atoms with Gasteiger partial charge < -0.3 is 4.90 Å². The molecule has 4 nitrogen and oxygen atoms in total. The van der Waals surface area contributed by atoms with Crippen LogP contribution in [0.15, 0.2) is 17.1 Å². The Kier molecular flexibility index (Phi) is 6.27. The third-order valence-electron chi connectivity index (χ3n) is 4.44. The third kappa shape index (κ3) is 4.83. The van der Waals surface area contributed by atoms with Crippen molar-refractivity contribution in [2.45, 2.75) is 46.1 Å². The van der Waals surface area contributed by atoms with Crippen LogP contribution in [0.5, 0.6) is 0 Å². The highest BCUT2D eigenvalue weighted by molar-refractivity contribution is 9.09. The maximum absolute atomic E-state index is 12.2. The van der Waals surface area contributed by atoms with E-state index in [0.717, 1.165) is 42.9 Å². The van der Waals surface area contributed by atoms with Gasteiger partial charge in [-0.3, -0.25) is 4.79 Å². The molecular weight excluding hydrogens is 330 g/mol. The van der Waals surface area contributed by atoms with Gasteiger partial charge in [-0.1, -0.05) is 29.8 Å². The van der Waals surface area contributed by atoms with E-state index in [9.17, 15) is 4.79 Å². The van der Waals surface area contributed by atoms with Crippen LogP contribution in [-0.4, -0.2) is 28.2 Å². The Morgan fingerprint density at radius 2 is 2.10 bits per heavy atom. The number of piperidine rings is 1. The molecule has 0 N–H and O–H groups in total. The summed E-state index contributed by atoms with van der Waals surface area (Å²) in [5, 5.41) is 5.37. The quantitative estimate of drug-likeness (QED) is 0.734. The van der Waals surface area contributed by atoms with Crippen LogP contribution in [0.3, 0.4) is 0 Å². The first-order valence-electron chi connectivity index (χ1n) is 7.98. The van der Waals surface area contributed by atoms with Crippen molar-refractivity contribution in [3.63, 3.8) is 0 Å². The van der Waals surface area contributed by atoms with Gasteiger partial charge in [0.2, 0.25) is 0 Å². The van der Waals surface area contributed by atoms with E-state index in [1.165, 1.54) is 12.8 Å². The van der Waals surface area contributed by atoms with E-state index in [1.807, 2.05) is 6.20 Å². The summed E-state index contributed by atoms with van der Waals surface area (Å²) >= 11 is 3.46. The number of hydrogen-bond acceptors (Lipinski definition) is 3. The molecule has 0 aromatic carbocycles. The zero-order valence-electron chi connectivity index (χ0n) is 13.1. The molecule has 0 amide bonds. The van der Waals surface area contributed by atoms with Gasteiger partial charge in [-0.05, 0) is 37.5 Å². The lowest BCUT2D eigenvalue weighted by Gasteiger charge is -2.31. The van der Waals surface area contributed by atoms with Crippen molar-refractivity contribution in [1.29, 1.82) is 0 Å². The lowest BCUT2D eigenvalue weighted by atomic mass is 9.99. The lowest BCUT2D eigenvalue weighted by molar-refractivity contribution is 0.431. The first-order chi connectivity index (χ1) is 10.1. The molecule has 2 heterocycles. The van der Waals surface area contributed by atoms with E-state index in [1.54, 1.807) is 10.7 Å². The highest BCUT2D eigenvalue weighted by Gasteiger charge is 2.17. The van der Waals surface area contributed by atoms with Gasteiger partial charge in [-0.15, -0.1) is 0 Å². The number of aromatic nitrogens is 2. The van der Waals surface area contributed by atoms with Crippen molar-refractivity contribution in [3.05, 3.63) is 22.6 Å². The van der Waals surface area contributed by atoms with Crippen LogP contribution in [0, 0.1) is 11.8 Å². The number of alkyl halides is 1. The minimum absolute atomic E-state index is 0.0252. The monoisotopic (exact) mass is 355 g/mol. The number of hydrogen-bond donors (Lipinski definition) is 0. The normalized spacial score (nSPS) is 18.0. The average molecular weight is 356 g/mol. The van der Waals surface area contributed by atoms with Gasteiger partial charge in [0.15, 0.2) is 0 Å². The fraction of sp³-hybridized carbons (Fsp3) is 0.750. The third-order valence-corrected chi connectivity index (χ3v) is 4.90. The second kappa shape index (κ2) is 7.97. The molecule has 0 saturated carbocycles. The molecule has 5 heteroatoms. The van der Waals surface area contributed by atoms with Crippen LogP contribution in [0.1, 0.15) is 39.5 Å². The van der Waals surface area contributed by atoms with Crippen molar-refractivity contribution >= 4 is 21.6 Å². The van der Waals surface area contributed by atoms with E-state index in [-0.39, 0.29) is 5.56 Å². The second-order valence-electron chi connectivity index (χ2n) is 6.32. The molecule has 0 spiro atoms. The van der Waals surface area contributed by atoms with Gasteiger partial charge >= 0.3 is 0 Å². The summed E-state index contributed by atoms with van der Waals surface area (Å²) in [6.07, 6.45) is 6.39.